The van der Waals surface area contributed by atoms with Crippen molar-refractivity contribution in [3.05, 3.63) is 78.1 Å². The molecule has 120 valence electrons. The predicted octanol–water partition coefficient (Wildman–Crippen LogP) is 3.03. The van der Waals surface area contributed by atoms with Crippen molar-refractivity contribution >= 4 is 11.7 Å². The van der Waals surface area contributed by atoms with Gasteiger partial charge in [0.25, 0.3) is 0 Å². The van der Waals surface area contributed by atoms with Crippen LogP contribution < -0.4 is 5.32 Å². The molecule has 0 bridgehead atoms. The molecule has 3 aromatic rings. The van der Waals surface area contributed by atoms with E-state index in [4.69, 9.17) is 5.10 Å². The number of hydrogen-bond donors (Lipinski definition) is 2. The fraction of sp³-hybridized carbons (Fsp3) is 0.167. The molecule has 0 aliphatic carbocycles. The highest BCUT2D eigenvalue weighted by Gasteiger charge is 2.28. The summed E-state index contributed by atoms with van der Waals surface area (Å²) in [6, 6.07) is 21.0. The van der Waals surface area contributed by atoms with E-state index in [0.717, 1.165) is 12.1 Å². The van der Waals surface area contributed by atoms with E-state index >= 15 is 0 Å². The smallest absolute Gasteiger partial charge is 0.219 e. The topological polar surface area (TPSA) is 69.2 Å². The van der Waals surface area contributed by atoms with Gasteiger partial charge in [-0.3, -0.25) is 5.01 Å². The number of anilines is 1. The van der Waals surface area contributed by atoms with Crippen LogP contribution in [-0.4, -0.2) is 32.6 Å². The number of nitrogens with zero attached hydrogens (tertiary/aromatic N) is 4. The monoisotopic (exact) mass is 318 g/mol. The first-order chi connectivity index (χ1) is 11.9. The van der Waals surface area contributed by atoms with E-state index in [2.05, 4.69) is 61.9 Å². The fourth-order valence-corrected chi connectivity index (χ4v) is 2.92. The molecule has 0 saturated heterocycles. The van der Waals surface area contributed by atoms with Gasteiger partial charge in [-0.1, -0.05) is 60.7 Å². The molecule has 6 heteroatoms. The molecule has 0 saturated carbocycles. The first-order valence-electron chi connectivity index (χ1n) is 7.94. The lowest BCUT2D eigenvalue weighted by Gasteiger charge is -2.23. The molecule has 1 aromatic heterocycles. The van der Waals surface area contributed by atoms with Crippen LogP contribution in [0.3, 0.4) is 0 Å². The first kappa shape index (κ1) is 14.4. The molecule has 6 nitrogen and oxygen atoms in total. The summed E-state index contributed by atoms with van der Waals surface area (Å²) in [7, 11) is 0. The third-order valence-corrected chi connectivity index (χ3v) is 4.11. The van der Waals surface area contributed by atoms with Crippen LogP contribution in [0.4, 0.5) is 5.95 Å². The van der Waals surface area contributed by atoms with Gasteiger partial charge in [-0.25, -0.2) is 10.1 Å². The Bertz CT molecular complexity index is 798. The summed E-state index contributed by atoms with van der Waals surface area (Å²) < 4.78 is 0. The standard InChI is InChI=1S/C18H18N6/c1-3-7-14(8-4-1)16-11-17(15-9-5-2-6-10-15)24(23-16)13-20-18-19-12-21-22-18/h1-10,12,17H,11,13H2,(H2,19,20,21,22)/t17-/m1/s1. The molecular formula is C18H18N6. The SMILES string of the molecule is c1ccc(C2=NN(CNc3ncn[nH]3)[C@@H](c3ccccc3)C2)cc1. The molecule has 2 aromatic carbocycles. The van der Waals surface area contributed by atoms with Crippen molar-refractivity contribution in [1.29, 1.82) is 0 Å². The lowest BCUT2D eigenvalue weighted by molar-refractivity contribution is 0.250. The molecule has 4 rings (SSSR count). The van der Waals surface area contributed by atoms with Crippen LogP contribution in [-0.2, 0) is 0 Å². The maximum atomic E-state index is 4.84. The minimum Gasteiger partial charge on any atom is -0.336 e. The van der Waals surface area contributed by atoms with Crippen molar-refractivity contribution in [1.82, 2.24) is 20.2 Å². The maximum Gasteiger partial charge on any atom is 0.219 e. The zero-order valence-corrected chi connectivity index (χ0v) is 13.1. The summed E-state index contributed by atoms with van der Waals surface area (Å²) >= 11 is 0. The number of H-pyrrole nitrogens is 1. The summed E-state index contributed by atoms with van der Waals surface area (Å²) in [6.45, 7) is 0.561. The number of hydrogen-bond acceptors (Lipinski definition) is 5. The van der Waals surface area contributed by atoms with Gasteiger partial charge in [0.15, 0.2) is 0 Å². The highest BCUT2D eigenvalue weighted by Crippen LogP contribution is 2.32. The zero-order valence-electron chi connectivity index (χ0n) is 13.1. The normalized spacial score (nSPS) is 16.9. The second-order valence-electron chi connectivity index (χ2n) is 5.65. The summed E-state index contributed by atoms with van der Waals surface area (Å²) in [4.78, 5) is 4.10. The molecular weight excluding hydrogens is 300 g/mol. The lowest BCUT2D eigenvalue weighted by atomic mass is 9.99. The number of aromatic nitrogens is 3. The minimum absolute atomic E-state index is 0.205. The number of benzene rings is 2. The Morgan fingerprint density at radius 2 is 1.79 bits per heavy atom. The van der Waals surface area contributed by atoms with Gasteiger partial charge >= 0.3 is 0 Å². The van der Waals surface area contributed by atoms with E-state index in [-0.39, 0.29) is 6.04 Å². The molecule has 1 aliphatic heterocycles. The van der Waals surface area contributed by atoms with Gasteiger partial charge in [0.1, 0.15) is 13.0 Å². The Balaban J connectivity index is 1.58. The van der Waals surface area contributed by atoms with Crippen molar-refractivity contribution < 1.29 is 0 Å². The predicted molar refractivity (Wildman–Crippen MR) is 93.5 cm³/mol. The number of aromatic amines is 1. The van der Waals surface area contributed by atoms with E-state index < -0.39 is 0 Å². The summed E-state index contributed by atoms with van der Waals surface area (Å²) in [5.74, 6) is 0.644. The average molecular weight is 318 g/mol. The van der Waals surface area contributed by atoms with E-state index in [1.807, 2.05) is 24.3 Å². The van der Waals surface area contributed by atoms with Gasteiger partial charge in [0.05, 0.1) is 11.8 Å². The van der Waals surface area contributed by atoms with Gasteiger partial charge in [0.2, 0.25) is 5.95 Å². The molecule has 24 heavy (non-hydrogen) atoms. The zero-order chi connectivity index (χ0) is 16.2. The van der Waals surface area contributed by atoms with Crippen molar-refractivity contribution in [2.75, 3.05) is 12.0 Å². The van der Waals surface area contributed by atoms with Crippen LogP contribution in [0.1, 0.15) is 23.6 Å². The molecule has 2 N–H and O–H groups in total. The Labute approximate surface area is 140 Å². The Morgan fingerprint density at radius 1 is 1.04 bits per heavy atom. The highest BCUT2D eigenvalue weighted by atomic mass is 15.5. The number of rotatable bonds is 5. The molecule has 0 radical (unpaired) electrons. The number of nitrogens with one attached hydrogen (secondary N) is 2. The average Bonchev–Trinajstić information content (AvgIpc) is 3.31. The molecule has 2 heterocycles. The molecule has 0 fully saturated rings. The van der Waals surface area contributed by atoms with Crippen LogP contribution >= 0.6 is 0 Å². The van der Waals surface area contributed by atoms with Crippen LogP contribution in [0, 0.1) is 0 Å². The van der Waals surface area contributed by atoms with Gasteiger partial charge in [0, 0.05) is 6.42 Å². The van der Waals surface area contributed by atoms with Crippen molar-refractivity contribution in [3.8, 4) is 0 Å². The van der Waals surface area contributed by atoms with Gasteiger partial charge in [-0.05, 0) is 11.1 Å². The van der Waals surface area contributed by atoms with Crippen LogP contribution in [0.25, 0.3) is 0 Å². The molecule has 0 spiro atoms. The molecule has 1 atom stereocenters. The fourth-order valence-electron chi connectivity index (χ4n) is 2.92. The lowest BCUT2D eigenvalue weighted by Crippen LogP contribution is -2.26. The van der Waals surface area contributed by atoms with E-state index in [9.17, 15) is 0 Å². The summed E-state index contributed by atoms with van der Waals surface area (Å²) in [5.41, 5.74) is 3.52. The Morgan fingerprint density at radius 3 is 2.50 bits per heavy atom. The third kappa shape index (κ3) is 2.99. The van der Waals surface area contributed by atoms with E-state index in [1.165, 1.54) is 17.5 Å². The first-order valence-corrected chi connectivity index (χ1v) is 7.94. The Kier molecular flexibility index (Phi) is 3.93. The van der Waals surface area contributed by atoms with E-state index in [0.29, 0.717) is 12.6 Å². The van der Waals surface area contributed by atoms with Crippen LogP contribution in [0.5, 0.6) is 0 Å². The highest BCUT2D eigenvalue weighted by molar-refractivity contribution is 6.01. The molecule has 0 amide bonds. The number of hydrazone groups is 1. The molecule has 0 unspecified atom stereocenters. The minimum atomic E-state index is 0.205. The van der Waals surface area contributed by atoms with Crippen LogP contribution in [0.15, 0.2) is 72.1 Å². The quantitative estimate of drug-likeness (QED) is 0.759. The van der Waals surface area contributed by atoms with E-state index in [1.54, 1.807) is 0 Å². The second kappa shape index (κ2) is 6.54. The largest absolute Gasteiger partial charge is 0.336 e. The van der Waals surface area contributed by atoms with Gasteiger partial charge in [-0.15, -0.1) is 0 Å². The Hall–Kier alpha value is -3.15. The third-order valence-electron chi connectivity index (χ3n) is 4.11. The van der Waals surface area contributed by atoms with Crippen molar-refractivity contribution in [2.24, 2.45) is 5.10 Å². The van der Waals surface area contributed by atoms with Crippen molar-refractivity contribution in [2.45, 2.75) is 12.5 Å². The summed E-state index contributed by atoms with van der Waals surface area (Å²) in [6.07, 6.45) is 2.37. The maximum absolute atomic E-state index is 4.84. The van der Waals surface area contributed by atoms with Crippen LogP contribution in [0.2, 0.25) is 0 Å². The van der Waals surface area contributed by atoms with Crippen molar-refractivity contribution in [3.63, 3.8) is 0 Å². The van der Waals surface area contributed by atoms with Gasteiger partial charge in [-0.2, -0.15) is 10.2 Å². The van der Waals surface area contributed by atoms with Gasteiger partial charge < -0.3 is 5.32 Å². The summed E-state index contributed by atoms with van der Waals surface area (Å²) in [5, 5.41) is 16.8. The molecule has 1 aliphatic rings. The second-order valence-corrected chi connectivity index (χ2v) is 5.65.